The predicted octanol–water partition coefficient (Wildman–Crippen LogP) is 0.349. The van der Waals surface area contributed by atoms with E-state index in [0.29, 0.717) is 6.04 Å². The molecule has 2 N–H and O–H groups in total. The number of likely N-dealkylation sites (N-methyl/N-ethyl adjacent to an activating group) is 1. The van der Waals surface area contributed by atoms with Crippen LogP contribution in [0.25, 0.3) is 0 Å². The molecule has 0 radical (unpaired) electrons. The van der Waals surface area contributed by atoms with Crippen molar-refractivity contribution in [2.45, 2.75) is 50.6 Å². The van der Waals surface area contributed by atoms with Crippen LogP contribution < -0.4 is 10.6 Å². The molecule has 2 saturated heterocycles. The number of guanidine groups is 1. The Morgan fingerprint density at radius 3 is 2.41 bits per heavy atom. The molecule has 0 aromatic carbocycles. The summed E-state index contributed by atoms with van der Waals surface area (Å²) >= 11 is 0. The number of likely N-dealkylation sites (tertiary alicyclic amines) is 1. The van der Waals surface area contributed by atoms with Gasteiger partial charge in [0, 0.05) is 65.4 Å². The van der Waals surface area contributed by atoms with E-state index >= 15 is 0 Å². The number of carbonyl (C=O) groups excluding carboxylic acids is 1. The summed E-state index contributed by atoms with van der Waals surface area (Å²) in [5.41, 5.74) is 0. The van der Waals surface area contributed by atoms with Crippen LogP contribution in [0.1, 0.15) is 38.5 Å². The van der Waals surface area contributed by atoms with Crippen molar-refractivity contribution in [3.63, 3.8) is 0 Å². The first kappa shape index (κ1) is 22.3. The summed E-state index contributed by atoms with van der Waals surface area (Å²) in [4.78, 5) is 23.2. The van der Waals surface area contributed by atoms with Crippen LogP contribution in [-0.4, -0.2) is 112 Å². The first-order valence-corrected chi connectivity index (χ1v) is 11.4. The van der Waals surface area contributed by atoms with Gasteiger partial charge in [0.1, 0.15) is 6.54 Å². The van der Waals surface area contributed by atoms with Gasteiger partial charge in [-0.1, -0.05) is 12.8 Å². The van der Waals surface area contributed by atoms with Crippen molar-refractivity contribution in [1.82, 2.24) is 25.3 Å². The van der Waals surface area contributed by atoms with Gasteiger partial charge < -0.3 is 25.2 Å². The summed E-state index contributed by atoms with van der Waals surface area (Å²) < 4.78 is 5.42. The van der Waals surface area contributed by atoms with Gasteiger partial charge >= 0.3 is 0 Å². The molecule has 1 aliphatic carbocycles. The number of ether oxygens (including phenoxy) is 1. The molecule has 0 aromatic rings. The summed E-state index contributed by atoms with van der Waals surface area (Å²) in [5.74, 6) is 0.795. The van der Waals surface area contributed by atoms with E-state index in [1.54, 1.807) is 19.0 Å². The molecule has 3 aliphatic rings. The number of morpholine rings is 1. The van der Waals surface area contributed by atoms with Crippen LogP contribution in [0.3, 0.4) is 0 Å². The third-order valence-corrected chi connectivity index (χ3v) is 6.41. The SMILES string of the molecule is CN(C)C(=O)CN=C(NCCN1CCOCC1)NC1CCN(C2CCCC2)CC1. The lowest BCUT2D eigenvalue weighted by molar-refractivity contribution is -0.127. The second-order valence-electron chi connectivity index (χ2n) is 8.73. The highest BCUT2D eigenvalue weighted by Gasteiger charge is 2.27. The average molecular weight is 409 g/mol. The fraction of sp³-hybridized carbons (Fsp3) is 0.905. The minimum atomic E-state index is 0.0235. The van der Waals surface area contributed by atoms with Crippen molar-refractivity contribution in [2.24, 2.45) is 4.99 Å². The van der Waals surface area contributed by atoms with Crippen molar-refractivity contribution >= 4 is 11.9 Å². The van der Waals surface area contributed by atoms with Crippen LogP contribution in [0.5, 0.6) is 0 Å². The summed E-state index contributed by atoms with van der Waals surface area (Å²) in [6.07, 6.45) is 7.82. The summed E-state index contributed by atoms with van der Waals surface area (Å²) in [6.45, 7) is 7.91. The Morgan fingerprint density at radius 2 is 1.76 bits per heavy atom. The Balaban J connectivity index is 1.46. The van der Waals surface area contributed by atoms with Gasteiger partial charge in [0.05, 0.1) is 13.2 Å². The minimum Gasteiger partial charge on any atom is -0.379 e. The first-order chi connectivity index (χ1) is 14.1. The topological polar surface area (TPSA) is 72.4 Å². The van der Waals surface area contributed by atoms with Crippen LogP contribution >= 0.6 is 0 Å². The van der Waals surface area contributed by atoms with Gasteiger partial charge in [-0.15, -0.1) is 0 Å². The number of piperidine rings is 1. The lowest BCUT2D eigenvalue weighted by Crippen LogP contribution is -2.51. The van der Waals surface area contributed by atoms with E-state index in [-0.39, 0.29) is 12.5 Å². The van der Waals surface area contributed by atoms with Crippen molar-refractivity contribution in [3.05, 3.63) is 0 Å². The van der Waals surface area contributed by atoms with E-state index in [0.717, 1.165) is 64.2 Å². The van der Waals surface area contributed by atoms with E-state index in [1.165, 1.54) is 38.8 Å². The number of carbonyl (C=O) groups is 1. The maximum absolute atomic E-state index is 12.0. The van der Waals surface area contributed by atoms with Crippen LogP contribution in [0, 0.1) is 0 Å². The maximum atomic E-state index is 12.0. The summed E-state index contributed by atoms with van der Waals surface area (Å²) in [5, 5.41) is 7.04. The standard InChI is InChI=1S/C21H40N6O2/c1-25(2)20(28)17-23-21(22-9-12-26-13-15-29-16-14-26)24-18-7-10-27(11-8-18)19-5-3-4-6-19/h18-19H,3-17H2,1-2H3,(H2,22,23,24). The zero-order valence-corrected chi connectivity index (χ0v) is 18.4. The van der Waals surface area contributed by atoms with E-state index in [2.05, 4.69) is 25.4 Å². The molecule has 0 atom stereocenters. The van der Waals surface area contributed by atoms with Gasteiger partial charge in [-0.05, 0) is 25.7 Å². The number of rotatable bonds is 7. The van der Waals surface area contributed by atoms with E-state index < -0.39 is 0 Å². The molecule has 0 aromatic heterocycles. The quantitative estimate of drug-likeness (QED) is 0.468. The minimum absolute atomic E-state index is 0.0235. The molecule has 8 nitrogen and oxygen atoms in total. The fourth-order valence-electron chi connectivity index (χ4n) is 4.47. The molecule has 0 unspecified atom stereocenters. The Hall–Kier alpha value is -1.38. The zero-order chi connectivity index (χ0) is 20.5. The van der Waals surface area contributed by atoms with E-state index in [4.69, 9.17) is 4.74 Å². The van der Waals surface area contributed by atoms with E-state index in [9.17, 15) is 4.79 Å². The van der Waals surface area contributed by atoms with Gasteiger partial charge in [0.25, 0.3) is 0 Å². The highest BCUT2D eigenvalue weighted by Crippen LogP contribution is 2.26. The lowest BCUT2D eigenvalue weighted by Gasteiger charge is -2.36. The number of nitrogens with one attached hydrogen (secondary N) is 2. The molecule has 1 saturated carbocycles. The van der Waals surface area contributed by atoms with E-state index in [1.807, 2.05) is 0 Å². The Morgan fingerprint density at radius 1 is 1.07 bits per heavy atom. The molecule has 8 heteroatoms. The van der Waals surface area contributed by atoms with Gasteiger partial charge in [-0.3, -0.25) is 9.69 Å². The first-order valence-electron chi connectivity index (χ1n) is 11.4. The van der Waals surface area contributed by atoms with Crippen LogP contribution in [0.4, 0.5) is 0 Å². The highest BCUT2D eigenvalue weighted by molar-refractivity contribution is 5.84. The second kappa shape index (κ2) is 11.7. The number of amides is 1. The third-order valence-electron chi connectivity index (χ3n) is 6.41. The van der Waals surface area contributed by atoms with Crippen molar-refractivity contribution in [3.8, 4) is 0 Å². The molecule has 2 aliphatic heterocycles. The van der Waals surface area contributed by atoms with Crippen molar-refractivity contribution < 1.29 is 9.53 Å². The highest BCUT2D eigenvalue weighted by atomic mass is 16.5. The molecule has 3 rings (SSSR count). The van der Waals surface area contributed by atoms with Crippen LogP contribution in [-0.2, 0) is 9.53 Å². The molecular weight excluding hydrogens is 368 g/mol. The van der Waals surface area contributed by atoms with Crippen molar-refractivity contribution in [1.29, 1.82) is 0 Å². The van der Waals surface area contributed by atoms with Crippen LogP contribution in [0.15, 0.2) is 4.99 Å². The molecule has 3 fully saturated rings. The monoisotopic (exact) mass is 408 g/mol. The fourth-order valence-corrected chi connectivity index (χ4v) is 4.47. The maximum Gasteiger partial charge on any atom is 0.243 e. The molecule has 0 spiro atoms. The number of hydrogen-bond acceptors (Lipinski definition) is 5. The molecule has 2 heterocycles. The number of hydrogen-bond donors (Lipinski definition) is 2. The second-order valence-corrected chi connectivity index (χ2v) is 8.73. The smallest absolute Gasteiger partial charge is 0.243 e. The largest absolute Gasteiger partial charge is 0.379 e. The number of aliphatic imine (C=N–C) groups is 1. The summed E-state index contributed by atoms with van der Waals surface area (Å²) in [7, 11) is 3.55. The van der Waals surface area contributed by atoms with Gasteiger partial charge in [0.2, 0.25) is 5.91 Å². The average Bonchev–Trinajstić information content (AvgIpc) is 3.27. The molecular formula is C21H40N6O2. The number of nitrogens with zero attached hydrogens (tertiary/aromatic N) is 4. The van der Waals surface area contributed by atoms with Gasteiger partial charge in [0.15, 0.2) is 5.96 Å². The Labute approximate surface area is 176 Å². The predicted molar refractivity (Wildman–Crippen MR) is 116 cm³/mol. The lowest BCUT2D eigenvalue weighted by atomic mass is 10.0. The van der Waals surface area contributed by atoms with Gasteiger partial charge in [-0.2, -0.15) is 0 Å². The molecule has 166 valence electrons. The summed E-state index contributed by atoms with van der Waals surface area (Å²) in [6, 6.07) is 1.24. The van der Waals surface area contributed by atoms with Crippen LogP contribution in [0.2, 0.25) is 0 Å². The Bertz CT molecular complexity index is 521. The van der Waals surface area contributed by atoms with Crippen molar-refractivity contribution in [2.75, 3.05) is 73.1 Å². The Kier molecular flexibility index (Phi) is 9.01. The zero-order valence-electron chi connectivity index (χ0n) is 18.4. The molecule has 29 heavy (non-hydrogen) atoms. The third kappa shape index (κ3) is 7.42. The molecule has 1 amide bonds. The molecule has 0 bridgehead atoms. The van der Waals surface area contributed by atoms with Gasteiger partial charge in [-0.25, -0.2) is 4.99 Å². The normalized spacial score (nSPS) is 23.3.